The monoisotopic (exact) mass is 557 g/mol. The third kappa shape index (κ3) is 5.52. The summed E-state index contributed by atoms with van der Waals surface area (Å²) in [6.45, 7) is 4.47. The molecule has 0 aliphatic rings. The minimum absolute atomic E-state index is 0.0787. The summed E-state index contributed by atoms with van der Waals surface area (Å²) in [7, 11) is 0. The molecule has 1 atom stereocenters. The number of rotatable bonds is 7. The van der Waals surface area contributed by atoms with Gasteiger partial charge in [-0.25, -0.2) is 4.98 Å². The van der Waals surface area contributed by atoms with E-state index in [4.69, 9.17) is 32.9 Å². The summed E-state index contributed by atoms with van der Waals surface area (Å²) in [5.41, 5.74) is 2.23. The van der Waals surface area contributed by atoms with Gasteiger partial charge in [0.1, 0.15) is 18.2 Å². The SMILES string of the molecule is CC[C@@H](C)c1nc2ccc(Br)cc2c(=O)n1N=Cc1ccc(OCc2ccc(Cl)c(Cl)c2)cc1. The van der Waals surface area contributed by atoms with Crippen molar-refractivity contribution in [3.05, 3.63) is 102 Å². The molecule has 34 heavy (non-hydrogen) atoms. The zero-order valence-electron chi connectivity index (χ0n) is 18.6. The average Bonchev–Trinajstić information content (AvgIpc) is 2.84. The van der Waals surface area contributed by atoms with Crippen molar-refractivity contribution in [3.63, 3.8) is 0 Å². The van der Waals surface area contributed by atoms with Crippen molar-refractivity contribution in [1.82, 2.24) is 9.66 Å². The van der Waals surface area contributed by atoms with Gasteiger partial charge in [0.15, 0.2) is 0 Å². The van der Waals surface area contributed by atoms with Crippen LogP contribution in [0.25, 0.3) is 10.9 Å². The predicted octanol–water partition coefficient (Wildman–Crippen LogP) is 7.44. The highest BCUT2D eigenvalue weighted by Crippen LogP contribution is 2.24. The van der Waals surface area contributed by atoms with Crippen LogP contribution >= 0.6 is 39.1 Å². The van der Waals surface area contributed by atoms with Crippen LogP contribution in [0.5, 0.6) is 5.75 Å². The molecular weight excluding hydrogens is 537 g/mol. The zero-order chi connectivity index (χ0) is 24.2. The van der Waals surface area contributed by atoms with E-state index < -0.39 is 0 Å². The molecule has 174 valence electrons. The average molecular weight is 559 g/mol. The Kier molecular flexibility index (Phi) is 7.71. The van der Waals surface area contributed by atoms with E-state index in [1.165, 1.54) is 4.68 Å². The highest BCUT2D eigenvalue weighted by Gasteiger charge is 2.15. The molecule has 0 saturated carbocycles. The molecule has 0 spiro atoms. The second-order valence-corrected chi connectivity index (χ2v) is 9.64. The number of hydrogen-bond acceptors (Lipinski definition) is 4. The van der Waals surface area contributed by atoms with Gasteiger partial charge in [-0.15, -0.1) is 0 Å². The molecule has 3 aromatic carbocycles. The minimum atomic E-state index is -0.195. The van der Waals surface area contributed by atoms with E-state index in [9.17, 15) is 4.79 Å². The van der Waals surface area contributed by atoms with E-state index >= 15 is 0 Å². The Bertz CT molecular complexity index is 1420. The second-order valence-electron chi connectivity index (χ2n) is 7.91. The maximum atomic E-state index is 13.2. The van der Waals surface area contributed by atoms with Gasteiger partial charge in [-0.3, -0.25) is 4.79 Å². The number of ether oxygens (including phenoxy) is 1. The molecule has 8 heteroatoms. The fraction of sp³-hybridized carbons (Fsp3) is 0.192. The van der Waals surface area contributed by atoms with E-state index in [1.807, 2.05) is 49.4 Å². The normalized spacial score (nSPS) is 12.4. The maximum absolute atomic E-state index is 13.2. The summed E-state index contributed by atoms with van der Waals surface area (Å²) in [5.74, 6) is 1.42. The Morgan fingerprint density at radius 1 is 1.09 bits per heavy atom. The van der Waals surface area contributed by atoms with E-state index in [1.54, 1.807) is 24.4 Å². The molecule has 4 rings (SSSR count). The minimum Gasteiger partial charge on any atom is -0.489 e. The van der Waals surface area contributed by atoms with Crippen molar-refractivity contribution >= 4 is 56.2 Å². The maximum Gasteiger partial charge on any atom is 0.282 e. The largest absolute Gasteiger partial charge is 0.489 e. The van der Waals surface area contributed by atoms with Crippen LogP contribution in [-0.4, -0.2) is 15.9 Å². The number of hydrogen-bond donors (Lipinski definition) is 0. The van der Waals surface area contributed by atoms with Crippen LogP contribution in [0.2, 0.25) is 10.0 Å². The predicted molar refractivity (Wildman–Crippen MR) is 143 cm³/mol. The molecule has 0 aliphatic carbocycles. The van der Waals surface area contributed by atoms with E-state index in [0.717, 1.165) is 22.0 Å². The van der Waals surface area contributed by atoms with Crippen LogP contribution in [-0.2, 0) is 6.61 Å². The summed E-state index contributed by atoms with van der Waals surface area (Å²) in [6.07, 6.45) is 2.50. The summed E-state index contributed by atoms with van der Waals surface area (Å²) in [4.78, 5) is 17.9. The molecule has 4 aromatic rings. The van der Waals surface area contributed by atoms with Gasteiger partial charge in [-0.2, -0.15) is 9.78 Å². The quantitative estimate of drug-likeness (QED) is 0.221. The topological polar surface area (TPSA) is 56.5 Å². The van der Waals surface area contributed by atoms with Gasteiger partial charge in [0.2, 0.25) is 0 Å². The third-order valence-corrected chi connectivity index (χ3v) is 6.71. The molecule has 1 heterocycles. The molecule has 0 bridgehead atoms. The lowest BCUT2D eigenvalue weighted by atomic mass is 10.1. The van der Waals surface area contributed by atoms with Crippen LogP contribution in [0.15, 0.2) is 75.0 Å². The van der Waals surface area contributed by atoms with Crippen LogP contribution in [0.3, 0.4) is 0 Å². The van der Waals surface area contributed by atoms with Crippen LogP contribution in [0.4, 0.5) is 0 Å². The summed E-state index contributed by atoms with van der Waals surface area (Å²) in [5, 5.41) is 6.03. The van der Waals surface area contributed by atoms with Gasteiger partial charge in [0.25, 0.3) is 5.56 Å². The fourth-order valence-corrected chi connectivity index (χ4v) is 4.03. The van der Waals surface area contributed by atoms with Gasteiger partial charge in [-0.1, -0.05) is 59.0 Å². The fourth-order valence-electron chi connectivity index (χ4n) is 3.35. The lowest BCUT2D eigenvalue weighted by molar-refractivity contribution is 0.306. The first-order valence-electron chi connectivity index (χ1n) is 10.8. The van der Waals surface area contributed by atoms with E-state index in [0.29, 0.717) is 39.1 Å². The lowest BCUT2D eigenvalue weighted by Crippen LogP contribution is -2.23. The molecule has 0 radical (unpaired) electrons. The molecule has 0 unspecified atom stereocenters. The molecule has 1 aromatic heterocycles. The molecule has 0 N–H and O–H groups in total. The highest BCUT2D eigenvalue weighted by atomic mass is 79.9. The second kappa shape index (κ2) is 10.7. The van der Waals surface area contributed by atoms with Crippen LogP contribution in [0, 0.1) is 0 Å². The van der Waals surface area contributed by atoms with Crippen molar-refractivity contribution in [2.24, 2.45) is 5.10 Å². The van der Waals surface area contributed by atoms with Gasteiger partial charge in [0.05, 0.1) is 27.2 Å². The molecule has 0 aliphatic heterocycles. The van der Waals surface area contributed by atoms with Gasteiger partial charge < -0.3 is 4.74 Å². The van der Waals surface area contributed by atoms with Gasteiger partial charge in [0, 0.05) is 10.4 Å². The molecule has 0 saturated heterocycles. The highest BCUT2D eigenvalue weighted by molar-refractivity contribution is 9.10. The Balaban J connectivity index is 1.57. The first-order chi connectivity index (χ1) is 16.4. The van der Waals surface area contributed by atoms with Crippen molar-refractivity contribution in [2.45, 2.75) is 32.8 Å². The standard InChI is InChI=1S/C26H22BrCl2N3O2/c1-3-16(2)25-31-24-11-7-19(27)13-21(24)26(33)32(25)30-14-17-4-8-20(9-5-17)34-15-18-6-10-22(28)23(29)12-18/h4-14,16H,3,15H2,1-2H3/t16-/m1/s1. The first kappa shape index (κ1) is 24.5. The smallest absolute Gasteiger partial charge is 0.282 e. The Morgan fingerprint density at radius 3 is 2.56 bits per heavy atom. The van der Waals surface area contributed by atoms with Crippen LogP contribution in [0.1, 0.15) is 43.1 Å². The summed E-state index contributed by atoms with van der Waals surface area (Å²) in [6, 6.07) is 18.4. The molecule has 0 fully saturated rings. The van der Waals surface area contributed by atoms with Crippen molar-refractivity contribution in [1.29, 1.82) is 0 Å². The number of nitrogens with zero attached hydrogens (tertiary/aromatic N) is 3. The van der Waals surface area contributed by atoms with Crippen molar-refractivity contribution < 1.29 is 4.74 Å². The lowest BCUT2D eigenvalue weighted by Gasteiger charge is -2.14. The molecule has 0 amide bonds. The van der Waals surface area contributed by atoms with Gasteiger partial charge >= 0.3 is 0 Å². The van der Waals surface area contributed by atoms with Crippen LogP contribution < -0.4 is 10.3 Å². The molecule has 5 nitrogen and oxygen atoms in total. The van der Waals surface area contributed by atoms with Gasteiger partial charge in [-0.05, 0) is 72.1 Å². The number of benzene rings is 3. The summed E-state index contributed by atoms with van der Waals surface area (Å²) >= 11 is 15.4. The van der Waals surface area contributed by atoms with Crippen molar-refractivity contribution in [2.75, 3.05) is 0 Å². The first-order valence-corrected chi connectivity index (χ1v) is 12.3. The number of halogens is 3. The van der Waals surface area contributed by atoms with E-state index in [-0.39, 0.29) is 11.5 Å². The zero-order valence-corrected chi connectivity index (χ0v) is 21.7. The number of fused-ring (bicyclic) bond motifs is 1. The Morgan fingerprint density at radius 2 is 1.85 bits per heavy atom. The summed E-state index contributed by atoms with van der Waals surface area (Å²) < 4.78 is 8.05. The molecular formula is C26H22BrCl2N3O2. The number of aromatic nitrogens is 2. The van der Waals surface area contributed by atoms with E-state index in [2.05, 4.69) is 28.0 Å². The Hall–Kier alpha value is -2.67. The van der Waals surface area contributed by atoms with Crippen molar-refractivity contribution in [3.8, 4) is 5.75 Å². The third-order valence-electron chi connectivity index (χ3n) is 5.48. The Labute approximate surface area is 216 Å².